The lowest BCUT2D eigenvalue weighted by molar-refractivity contribution is -0.117. The minimum atomic E-state index is -0.170. The Morgan fingerprint density at radius 3 is 2.39 bits per heavy atom. The number of rotatable bonds is 8. The van der Waals surface area contributed by atoms with Gasteiger partial charge in [-0.2, -0.15) is 0 Å². The van der Waals surface area contributed by atoms with Crippen molar-refractivity contribution in [3.05, 3.63) is 71.3 Å². The Bertz CT molecular complexity index is 837. The smallest absolute Gasteiger partial charge is 0.251 e. The van der Waals surface area contributed by atoms with Crippen molar-refractivity contribution >= 4 is 17.9 Å². The van der Waals surface area contributed by atoms with Crippen LogP contribution in [-0.4, -0.2) is 24.5 Å². The molecule has 0 aromatic heterocycles. The van der Waals surface area contributed by atoms with E-state index in [0.29, 0.717) is 18.2 Å². The normalized spacial score (nSPS) is 14.5. The van der Waals surface area contributed by atoms with Crippen LogP contribution in [0, 0.1) is 0 Å². The van der Waals surface area contributed by atoms with Crippen molar-refractivity contribution in [1.29, 1.82) is 0 Å². The number of hydrogen-bond donors (Lipinski definition) is 2. The van der Waals surface area contributed by atoms with Crippen LogP contribution in [0.15, 0.2) is 54.6 Å². The van der Waals surface area contributed by atoms with Crippen LogP contribution in [0.4, 0.5) is 0 Å². The molecule has 0 radical (unpaired) electrons. The molecule has 2 aromatic carbocycles. The van der Waals surface area contributed by atoms with Gasteiger partial charge in [-0.25, -0.2) is 0 Å². The number of nitrogens with one attached hydrogen (secondary N) is 2. The molecule has 2 N–H and O–H groups in total. The number of carbonyl (C=O) groups is 2. The van der Waals surface area contributed by atoms with Crippen molar-refractivity contribution < 1.29 is 14.3 Å². The summed E-state index contributed by atoms with van der Waals surface area (Å²) in [5.74, 6) is 0.607. The molecular weight excluding hydrogens is 352 g/mol. The number of carbonyl (C=O) groups excluding carboxylic acids is 2. The molecule has 3 rings (SSSR count). The molecule has 146 valence electrons. The molecule has 1 saturated carbocycles. The van der Waals surface area contributed by atoms with E-state index in [1.54, 1.807) is 18.2 Å². The van der Waals surface area contributed by atoms with Crippen molar-refractivity contribution in [2.75, 3.05) is 6.61 Å². The van der Waals surface area contributed by atoms with Crippen LogP contribution in [-0.2, 0) is 4.79 Å². The van der Waals surface area contributed by atoms with Gasteiger partial charge in [0.15, 0.2) is 0 Å². The van der Waals surface area contributed by atoms with Crippen molar-refractivity contribution in [3.8, 4) is 5.75 Å². The maximum absolute atomic E-state index is 12.2. The minimum absolute atomic E-state index is 0.0417. The second-order valence-electron chi connectivity index (χ2n) is 6.94. The highest BCUT2D eigenvalue weighted by Crippen LogP contribution is 2.20. The summed E-state index contributed by atoms with van der Waals surface area (Å²) in [6, 6.07) is 15.2. The molecule has 0 bridgehead atoms. The average Bonchev–Trinajstić information content (AvgIpc) is 3.51. The van der Waals surface area contributed by atoms with E-state index in [1.807, 2.05) is 50.2 Å². The summed E-state index contributed by atoms with van der Waals surface area (Å²) in [6.45, 7) is 4.51. The SMILES string of the molecule is CCOc1ccc(C(C)NC(=O)/C=C/c2ccc(C(=O)NC3CC3)cc2)cc1. The van der Waals surface area contributed by atoms with Gasteiger partial charge in [-0.1, -0.05) is 24.3 Å². The van der Waals surface area contributed by atoms with Crippen molar-refractivity contribution in [2.24, 2.45) is 0 Å². The molecule has 1 unspecified atom stereocenters. The summed E-state index contributed by atoms with van der Waals surface area (Å²) >= 11 is 0. The predicted octanol–water partition coefficient (Wildman–Crippen LogP) is 3.87. The van der Waals surface area contributed by atoms with Crippen LogP contribution in [0.2, 0.25) is 0 Å². The van der Waals surface area contributed by atoms with E-state index in [9.17, 15) is 9.59 Å². The third-order valence-electron chi connectivity index (χ3n) is 4.56. The van der Waals surface area contributed by atoms with E-state index in [2.05, 4.69) is 10.6 Å². The van der Waals surface area contributed by atoms with E-state index in [4.69, 9.17) is 4.74 Å². The largest absolute Gasteiger partial charge is 0.494 e. The fraction of sp³-hybridized carbons (Fsp3) is 0.304. The summed E-state index contributed by atoms with van der Waals surface area (Å²) in [7, 11) is 0. The summed E-state index contributed by atoms with van der Waals surface area (Å²) in [5, 5.41) is 5.90. The number of amides is 2. The zero-order valence-electron chi connectivity index (χ0n) is 16.3. The third-order valence-corrected chi connectivity index (χ3v) is 4.56. The highest BCUT2D eigenvalue weighted by Gasteiger charge is 2.23. The van der Waals surface area contributed by atoms with E-state index in [0.717, 1.165) is 29.7 Å². The molecule has 0 spiro atoms. The molecule has 1 atom stereocenters. The topological polar surface area (TPSA) is 67.4 Å². The first kappa shape index (κ1) is 19.7. The lowest BCUT2D eigenvalue weighted by Gasteiger charge is -2.13. The predicted molar refractivity (Wildman–Crippen MR) is 110 cm³/mol. The second-order valence-corrected chi connectivity index (χ2v) is 6.94. The van der Waals surface area contributed by atoms with Gasteiger partial charge in [0.1, 0.15) is 5.75 Å². The standard InChI is InChI=1S/C23H26N2O3/c1-3-28-21-13-9-18(10-14-21)16(2)24-22(26)15-6-17-4-7-19(8-5-17)23(27)25-20-11-12-20/h4-10,13-16,20H,3,11-12H2,1-2H3,(H,24,26)(H,25,27)/b15-6+. The molecule has 1 aliphatic rings. The molecule has 5 nitrogen and oxygen atoms in total. The Hall–Kier alpha value is -3.08. The van der Waals surface area contributed by atoms with E-state index >= 15 is 0 Å². The Labute approximate surface area is 165 Å². The first-order valence-corrected chi connectivity index (χ1v) is 9.67. The molecule has 0 saturated heterocycles. The fourth-order valence-electron chi connectivity index (χ4n) is 2.78. The fourth-order valence-corrected chi connectivity index (χ4v) is 2.78. The van der Waals surface area contributed by atoms with Crippen LogP contribution >= 0.6 is 0 Å². The van der Waals surface area contributed by atoms with Crippen LogP contribution < -0.4 is 15.4 Å². The zero-order valence-corrected chi connectivity index (χ0v) is 16.3. The maximum atomic E-state index is 12.2. The Morgan fingerprint density at radius 2 is 1.79 bits per heavy atom. The van der Waals surface area contributed by atoms with Gasteiger partial charge in [-0.05, 0) is 68.2 Å². The highest BCUT2D eigenvalue weighted by molar-refractivity contribution is 5.95. The van der Waals surface area contributed by atoms with Gasteiger partial charge in [0.2, 0.25) is 5.91 Å². The number of ether oxygens (including phenoxy) is 1. The molecule has 0 heterocycles. The molecule has 5 heteroatoms. The number of benzene rings is 2. The first-order chi connectivity index (χ1) is 13.5. The van der Waals surface area contributed by atoms with Crippen LogP contribution in [0.3, 0.4) is 0 Å². The van der Waals surface area contributed by atoms with Crippen molar-refractivity contribution in [1.82, 2.24) is 10.6 Å². The minimum Gasteiger partial charge on any atom is -0.494 e. The monoisotopic (exact) mass is 378 g/mol. The highest BCUT2D eigenvalue weighted by atomic mass is 16.5. The van der Waals surface area contributed by atoms with Gasteiger partial charge in [0, 0.05) is 17.7 Å². The quantitative estimate of drug-likeness (QED) is 0.685. The van der Waals surface area contributed by atoms with E-state index in [-0.39, 0.29) is 17.9 Å². The summed E-state index contributed by atoms with van der Waals surface area (Å²) in [4.78, 5) is 24.2. The van der Waals surface area contributed by atoms with Gasteiger partial charge in [0.25, 0.3) is 5.91 Å². The van der Waals surface area contributed by atoms with Gasteiger partial charge < -0.3 is 15.4 Å². The van der Waals surface area contributed by atoms with Crippen LogP contribution in [0.5, 0.6) is 5.75 Å². The molecular formula is C23H26N2O3. The molecule has 1 fully saturated rings. The Balaban J connectivity index is 1.51. The van der Waals surface area contributed by atoms with E-state index in [1.165, 1.54) is 6.08 Å². The Morgan fingerprint density at radius 1 is 1.11 bits per heavy atom. The molecule has 2 aromatic rings. The number of hydrogen-bond acceptors (Lipinski definition) is 3. The van der Waals surface area contributed by atoms with Gasteiger partial charge in [-0.15, -0.1) is 0 Å². The van der Waals surface area contributed by atoms with Crippen molar-refractivity contribution in [2.45, 2.75) is 38.8 Å². The van der Waals surface area contributed by atoms with Gasteiger partial charge in [-0.3, -0.25) is 9.59 Å². The molecule has 2 amide bonds. The summed E-state index contributed by atoms with van der Waals surface area (Å²) in [5.41, 5.74) is 2.51. The Kier molecular flexibility index (Phi) is 6.48. The zero-order chi connectivity index (χ0) is 19.9. The summed E-state index contributed by atoms with van der Waals surface area (Å²) in [6.07, 6.45) is 5.38. The summed E-state index contributed by atoms with van der Waals surface area (Å²) < 4.78 is 5.43. The van der Waals surface area contributed by atoms with Crippen LogP contribution in [0.25, 0.3) is 6.08 Å². The van der Waals surface area contributed by atoms with Crippen LogP contribution in [0.1, 0.15) is 54.2 Å². The average molecular weight is 378 g/mol. The lowest BCUT2D eigenvalue weighted by Crippen LogP contribution is -2.25. The second kappa shape index (κ2) is 9.22. The molecule has 1 aliphatic carbocycles. The van der Waals surface area contributed by atoms with Gasteiger partial charge >= 0.3 is 0 Å². The molecule has 0 aliphatic heterocycles. The molecule has 28 heavy (non-hydrogen) atoms. The lowest BCUT2D eigenvalue weighted by atomic mass is 10.1. The van der Waals surface area contributed by atoms with Crippen molar-refractivity contribution in [3.63, 3.8) is 0 Å². The van der Waals surface area contributed by atoms with E-state index < -0.39 is 0 Å². The first-order valence-electron chi connectivity index (χ1n) is 9.67. The van der Waals surface area contributed by atoms with Gasteiger partial charge in [0.05, 0.1) is 12.6 Å². The third kappa shape index (κ3) is 5.71. The maximum Gasteiger partial charge on any atom is 0.251 e.